The SMILES string of the molecule is COc1[c]cc(NC(=O)c2cc(NC(=O)C3C(c4cc(Cl)cc(Cl)c4)C3(Cl)Cl)ccc2Cl)cc1. The molecule has 5 nitrogen and oxygen atoms in total. The Hall–Kier alpha value is -2.15. The maximum atomic E-state index is 13.0. The molecule has 34 heavy (non-hydrogen) atoms. The van der Waals surface area contributed by atoms with Gasteiger partial charge >= 0.3 is 0 Å². The summed E-state index contributed by atoms with van der Waals surface area (Å²) in [5.74, 6) is -1.57. The van der Waals surface area contributed by atoms with Crippen LogP contribution in [-0.4, -0.2) is 23.3 Å². The Morgan fingerprint density at radius 1 is 0.941 bits per heavy atom. The molecular formula is C24H16Cl5N2O3. The summed E-state index contributed by atoms with van der Waals surface area (Å²) in [5, 5.41) is 6.53. The fraction of sp³-hybridized carbons (Fsp3) is 0.167. The Labute approximate surface area is 221 Å². The zero-order valence-corrected chi connectivity index (χ0v) is 21.2. The largest absolute Gasteiger partial charge is 0.496 e. The van der Waals surface area contributed by atoms with Crippen molar-refractivity contribution in [1.82, 2.24) is 0 Å². The van der Waals surface area contributed by atoms with Gasteiger partial charge in [-0.1, -0.05) is 34.8 Å². The van der Waals surface area contributed by atoms with Crippen molar-refractivity contribution in [3.8, 4) is 5.75 Å². The summed E-state index contributed by atoms with van der Waals surface area (Å²) in [6, 6.07) is 17.3. The zero-order valence-electron chi connectivity index (χ0n) is 17.5. The van der Waals surface area contributed by atoms with Crippen molar-refractivity contribution in [2.24, 2.45) is 5.92 Å². The molecule has 1 saturated carbocycles. The van der Waals surface area contributed by atoms with Crippen LogP contribution >= 0.6 is 58.0 Å². The van der Waals surface area contributed by atoms with E-state index in [0.29, 0.717) is 32.7 Å². The van der Waals surface area contributed by atoms with E-state index >= 15 is 0 Å². The Kier molecular flexibility index (Phi) is 7.22. The third kappa shape index (κ3) is 5.24. The van der Waals surface area contributed by atoms with Crippen molar-refractivity contribution >= 4 is 81.2 Å². The molecule has 3 aromatic carbocycles. The second-order valence-electron chi connectivity index (χ2n) is 7.62. The van der Waals surface area contributed by atoms with Crippen LogP contribution in [0.2, 0.25) is 15.1 Å². The Bertz CT molecular complexity index is 1240. The van der Waals surface area contributed by atoms with E-state index in [4.69, 9.17) is 62.7 Å². The highest BCUT2D eigenvalue weighted by Gasteiger charge is 2.67. The van der Waals surface area contributed by atoms with Gasteiger partial charge in [0.25, 0.3) is 5.91 Å². The average molecular weight is 558 g/mol. The number of nitrogens with one attached hydrogen (secondary N) is 2. The molecule has 2 amide bonds. The molecule has 1 aliphatic carbocycles. The van der Waals surface area contributed by atoms with Crippen LogP contribution in [0.15, 0.2) is 54.6 Å². The molecule has 10 heteroatoms. The molecule has 0 aromatic heterocycles. The molecule has 3 aromatic rings. The number of benzene rings is 3. The Morgan fingerprint density at radius 3 is 2.24 bits per heavy atom. The molecule has 2 unspecified atom stereocenters. The second kappa shape index (κ2) is 9.84. The lowest BCUT2D eigenvalue weighted by Crippen LogP contribution is -2.18. The standard InChI is InChI=1S/C24H16Cl5N2O3/c1-34-17-5-2-15(3-6-17)30-22(32)18-11-16(4-7-19(18)27)31-23(33)21-20(24(21,28)29)12-8-13(25)10-14(26)9-12/h2-5,7-11,20-21H,1H3,(H,30,32)(H,31,33). The molecule has 2 atom stereocenters. The zero-order chi connectivity index (χ0) is 24.6. The summed E-state index contributed by atoms with van der Waals surface area (Å²) in [6.45, 7) is 0. The monoisotopic (exact) mass is 555 g/mol. The van der Waals surface area contributed by atoms with E-state index in [9.17, 15) is 9.59 Å². The van der Waals surface area contributed by atoms with Crippen LogP contribution in [0, 0.1) is 12.0 Å². The van der Waals surface area contributed by atoms with Gasteiger partial charge in [0.2, 0.25) is 5.91 Å². The quantitative estimate of drug-likeness (QED) is 0.314. The number of carbonyl (C=O) groups excluding carboxylic acids is 2. The van der Waals surface area contributed by atoms with Crippen LogP contribution in [0.5, 0.6) is 5.75 Å². The molecule has 1 aliphatic rings. The first kappa shape index (κ1) is 25.0. The number of hydrogen-bond donors (Lipinski definition) is 2. The molecule has 0 saturated heterocycles. The minimum Gasteiger partial charge on any atom is -0.496 e. The van der Waals surface area contributed by atoms with Crippen LogP contribution in [0.3, 0.4) is 0 Å². The predicted molar refractivity (Wildman–Crippen MR) is 137 cm³/mol. The smallest absolute Gasteiger partial charge is 0.257 e. The Balaban J connectivity index is 1.49. The van der Waals surface area contributed by atoms with Crippen molar-refractivity contribution in [2.45, 2.75) is 10.3 Å². The maximum absolute atomic E-state index is 13.0. The molecule has 1 fully saturated rings. The summed E-state index contributed by atoms with van der Waals surface area (Å²) >= 11 is 31.2. The normalized spacial score (nSPS) is 18.2. The molecule has 0 bridgehead atoms. The third-order valence-corrected chi connectivity index (χ3v) is 7.03. The van der Waals surface area contributed by atoms with Crippen molar-refractivity contribution in [3.05, 3.63) is 86.9 Å². The highest BCUT2D eigenvalue weighted by atomic mass is 35.5. The minimum absolute atomic E-state index is 0.173. The molecule has 0 spiro atoms. The van der Waals surface area contributed by atoms with E-state index in [-0.39, 0.29) is 10.6 Å². The highest BCUT2D eigenvalue weighted by Crippen LogP contribution is 2.65. The van der Waals surface area contributed by atoms with E-state index < -0.39 is 28.0 Å². The summed E-state index contributed by atoms with van der Waals surface area (Å²) in [4.78, 5) is 25.7. The van der Waals surface area contributed by atoms with Crippen molar-refractivity contribution in [3.63, 3.8) is 0 Å². The van der Waals surface area contributed by atoms with Gasteiger partial charge in [0.15, 0.2) is 0 Å². The summed E-state index contributed by atoms with van der Waals surface area (Å²) in [5.41, 5.74) is 1.70. The lowest BCUT2D eigenvalue weighted by molar-refractivity contribution is -0.117. The number of halogens is 5. The number of methoxy groups -OCH3 is 1. The van der Waals surface area contributed by atoms with Crippen LogP contribution in [-0.2, 0) is 4.79 Å². The molecule has 0 heterocycles. The molecule has 175 valence electrons. The van der Waals surface area contributed by atoms with Gasteiger partial charge in [-0.25, -0.2) is 0 Å². The van der Waals surface area contributed by atoms with Crippen LogP contribution in [0.4, 0.5) is 11.4 Å². The predicted octanol–water partition coefficient (Wildman–Crippen LogP) is 7.23. The topological polar surface area (TPSA) is 67.4 Å². The van der Waals surface area contributed by atoms with E-state index in [1.807, 2.05) is 0 Å². The Morgan fingerprint density at radius 2 is 1.62 bits per heavy atom. The first-order valence-electron chi connectivity index (χ1n) is 9.91. The van der Waals surface area contributed by atoms with Gasteiger partial charge in [0, 0.05) is 33.4 Å². The second-order valence-corrected chi connectivity index (χ2v) is 10.3. The number of alkyl halides is 2. The van der Waals surface area contributed by atoms with Crippen molar-refractivity contribution in [1.29, 1.82) is 0 Å². The fourth-order valence-corrected chi connectivity index (χ4v) is 5.21. The first-order valence-corrected chi connectivity index (χ1v) is 11.8. The first-order chi connectivity index (χ1) is 16.1. The molecule has 4 rings (SSSR count). The lowest BCUT2D eigenvalue weighted by Gasteiger charge is -2.10. The summed E-state index contributed by atoms with van der Waals surface area (Å²) in [7, 11) is 1.52. The third-order valence-electron chi connectivity index (χ3n) is 5.32. The molecule has 0 aliphatic heterocycles. The fourth-order valence-electron chi connectivity index (χ4n) is 3.63. The highest BCUT2D eigenvalue weighted by molar-refractivity contribution is 6.53. The number of hydrogen-bond acceptors (Lipinski definition) is 3. The van der Waals surface area contributed by atoms with Crippen molar-refractivity contribution in [2.75, 3.05) is 17.7 Å². The van der Waals surface area contributed by atoms with Crippen molar-refractivity contribution < 1.29 is 14.3 Å². The van der Waals surface area contributed by atoms with E-state index in [1.165, 1.54) is 19.2 Å². The number of ether oxygens (including phenoxy) is 1. The van der Waals surface area contributed by atoms with Gasteiger partial charge in [0.1, 0.15) is 10.1 Å². The van der Waals surface area contributed by atoms with E-state index in [1.54, 1.807) is 42.5 Å². The van der Waals surface area contributed by atoms with Gasteiger partial charge in [-0.15, -0.1) is 23.2 Å². The summed E-state index contributed by atoms with van der Waals surface area (Å²) in [6.07, 6.45) is 0. The minimum atomic E-state index is -1.32. The van der Waals surface area contributed by atoms with Crippen LogP contribution in [0.1, 0.15) is 21.8 Å². The number of rotatable bonds is 6. The van der Waals surface area contributed by atoms with E-state index in [0.717, 1.165) is 0 Å². The maximum Gasteiger partial charge on any atom is 0.257 e. The van der Waals surface area contributed by atoms with Crippen LogP contribution in [0.25, 0.3) is 0 Å². The summed E-state index contributed by atoms with van der Waals surface area (Å²) < 4.78 is 3.73. The average Bonchev–Trinajstić information content (AvgIpc) is 3.37. The van der Waals surface area contributed by atoms with E-state index in [2.05, 4.69) is 16.7 Å². The number of anilines is 2. The van der Waals surface area contributed by atoms with Crippen LogP contribution < -0.4 is 15.4 Å². The number of carbonyl (C=O) groups is 2. The van der Waals surface area contributed by atoms with Gasteiger partial charge in [-0.3, -0.25) is 9.59 Å². The number of amides is 2. The van der Waals surface area contributed by atoms with Gasteiger partial charge in [-0.2, -0.15) is 0 Å². The molecular weight excluding hydrogens is 542 g/mol. The van der Waals surface area contributed by atoms with Gasteiger partial charge in [0.05, 0.1) is 23.6 Å². The molecule has 2 N–H and O–H groups in total. The van der Waals surface area contributed by atoms with Gasteiger partial charge < -0.3 is 15.4 Å². The van der Waals surface area contributed by atoms with Gasteiger partial charge in [-0.05, 0) is 60.2 Å². The lowest BCUT2D eigenvalue weighted by atomic mass is 10.1. The molecule has 1 radical (unpaired) electrons.